The Balaban J connectivity index is 1.76. The van der Waals surface area contributed by atoms with Crippen LogP contribution in [0.15, 0.2) is 17.3 Å². The second-order valence-corrected chi connectivity index (χ2v) is 4.97. The number of aryl methyl sites for hydroxylation is 1. The molecule has 1 aliphatic rings. The van der Waals surface area contributed by atoms with E-state index in [4.69, 9.17) is 0 Å². The minimum Gasteiger partial charge on any atom is -0.316 e. The molecule has 1 aliphatic heterocycles. The van der Waals surface area contributed by atoms with Crippen LogP contribution in [-0.2, 0) is 7.05 Å². The van der Waals surface area contributed by atoms with Gasteiger partial charge < -0.3 is 5.32 Å². The number of hydrogen-bond acceptors (Lipinski definition) is 3. The van der Waals surface area contributed by atoms with Gasteiger partial charge in [-0.25, -0.2) is 0 Å². The van der Waals surface area contributed by atoms with Crippen LogP contribution in [0.4, 0.5) is 0 Å². The normalized spacial score (nSPS) is 22.5. The minimum atomic E-state index is 0.842. The summed E-state index contributed by atoms with van der Waals surface area (Å²) in [6.07, 6.45) is 6.74. The zero-order valence-corrected chi connectivity index (χ0v) is 9.39. The van der Waals surface area contributed by atoms with Crippen LogP contribution < -0.4 is 5.32 Å². The van der Waals surface area contributed by atoms with Crippen molar-refractivity contribution in [2.45, 2.75) is 17.7 Å². The van der Waals surface area contributed by atoms with E-state index in [0.29, 0.717) is 0 Å². The monoisotopic (exact) mass is 211 g/mol. The summed E-state index contributed by atoms with van der Waals surface area (Å²) in [5.74, 6) is 2.06. The smallest absolute Gasteiger partial charge is 0.0625 e. The van der Waals surface area contributed by atoms with Crippen molar-refractivity contribution >= 4 is 11.8 Å². The predicted molar refractivity (Wildman–Crippen MR) is 59.5 cm³/mol. The molecule has 0 aliphatic carbocycles. The van der Waals surface area contributed by atoms with Gasteiger partial charge in [-0.15, -0.1) is 11.8 Å². The van der Waals surface area contributed by atoms with Crippen molar-refractivity contribution < 1.29 is 0 Å². The molecule has 0 spiro atoms. The first kappa shape index (κ1) is 10.1. The Labute approximate surface area is 89.3 Å². The number of thioether (sulfide) groups is 1. The van der Waals surface area contributed by atoms with Gasteiger partial charge >= 0.3 is 0 Å². The largest absolute Gasteiger partial charge is 0.316 e. The Kier molecular flexibility index (Phi) is 3.48. The number of nitrogens with zero attached hydrogens (tertiary/aromatic N) is 2. The molecule has 1 saturated heterocycles. The third-order valence-electron chi connectivity index (χ3n) is 2.57. The number of piperidine rings is 1. The van der Waals surface area contributed by atoms with Crippen LogP contribution in [-0.4, -0.2) is 28.6 Å². The van der Waals surface area contributed by atoms with Crippen LogP contribution in [0.1, 0.15) is 12.8 Å². The van der Waals surface area contributed by atoms with Crippen molar-refractivity contribution in [2.24, 2.45) is 13.0 Å². The molecule has 2 rings (SSSR count). The molecule has 1 aromatic rings. The van der Waals surface area contributed by atoms with Crippen LogP contribution in [0.2, 0.25) is 0 Å². The lowest BCUT2D eigenvalue weighted by Gasteiger charge is -2.21. The fraction of sp³-hybridized carbons (Fsp3) is 0.700. The molecule has 0 radical (unpaired) electrons. The first-order valence-corrected chi connectivity index (χ1v) is 6.15. The van der Waals surface area contributed by atoms with Gasteiger partial charge in [0.2, 0.25) is 0 Å². The molecule has 0 amide bonds. The average molecular weight is 211 g/mol. The molecular formula is C10H17N3S. The molecular weight excluding hydrogens is 194 g/mol. The van der Waals surface area contributed by atoms with E-state index in [2.05, 4.69) is 16.6 Å². The van der Waals surface area contributed by atoms with Crippen LogP contribution in [0.5, 0.6) is 0 Å². The Hall–Kier alpha value is -0.480. The van der Waals surface area contributed by atoms with Gasteiger partial charge in [-0.2, -0.15) is 5.10 Å². The molecule has 0 saturated carbocycles. The molecule has 14 heavy (non-hydrogen) atoms. The number of aromatic nitrogens is 2. The molecule has 1 fully saturated rings. The topological polar surface area (TPSA) is 29.9 Å². The fourth-order valence-corrected chi connectivity index (χ4v) is 2.82. The molecule has 1 atom stereocenters. The standard InChI is InChI=1S/C10H17N3S/c1-13-7-10(6-12-13)14-8-9-3-2-4-11-5-9/h6-7,9,11H,2-5,8H2,1H3. The third-order valence-corrected chi connectivity index (χ3v) is 3.75. The van der Waals surface area contributed by atoms with Gasteiger partial charge in [-0.05, 0) is 31.8 Å². The van der Waals surface area contributed by atoms with E-state index in [-0.39, 0.29) is 0 Å². The molecule has 2 heterocycles. The fourth-order valence-electron chi connectivity index (χ4n) is 1.75. The highest BCUT2D eigenvalue weighted by molar-refractivity contribution is 7.99. The van der Waals surface area contributed by atoms with Gasteiger partial charge in [0.15, 0.2) is 0 Å². The van der Waals surface area contributed by atoms with E-state index in [1.807, 2.05) is 29.7 Å². The van der Waals surface area contributed by atoms with Gasteiger partial charge in [-0.1, -0.05) is 0 Å². The summed E-state index contributed by atoms with van der Waals surface area (Å²) < 4.78 is 1.86. The van der Waals surface area contributed by atoms with Gasteiger partial charge in [0.1, 0.15) is 0 Å². The van der Waals surface area contributed by atoms with Gasteiger partial charge in [0, 0.05) is 23.9 Å². The minimum absolute atomic E-state index is 0.842. The second-order valence-electron chi connectivity index (χ2n) is 3.87. The molecule has 3 nitrogen and oxygen atoms in total. The molecule has 0 aromatic carbocycles. The van der Waals surface area contributed by atoms with Crippen LogP contribution >= 0.6 is 11.8 Å². The van der Waals surface area contributed by atoms with Crippen LogP contribution in [0.3, 0.4) is 0 Å². The molecule has 1 unspecified atom stereocenters. The van der Waals surface area contributed by atoms with E-state index in [1.54, 1.807) is 0 Å². The third kappa shape index (κ3) is 2.75. The van der Waals surface area contributed by atoms with Gasteiger partial charge in [-0.3, -0.25) is 4.68 Å². The summed E-state index contributed by atoms with van der Waals surface area (Å²) in [4.78, 5) is 1.29. The average Bonchev–Trinajstić information content (AvgIpc) is 2.63. The van der Waals surface area contributed by atoms with Crippen molar-refractivity contribution in [1.29, 1.82) is 0 Å². The lowest BCUT2D eigenvalue weighted by Crippen LogP contribution is -2.30. The highest BCUT2D eigenvalue weighted by Gasteiger charge is 2.13. The Morgan fingerprint density at radius 1 is 1.71 bits per heavy atom. The van der Waals surface area contributed by atoms with Crippen LogP contribution in [0, 0.1) is 5.92 Å². The predicted octanol–water partition coefficient (Wildman–Crippen LogP) is 1.51. The summed E-state index contributed by atoms with van der Waals surface area (Å²) >= 11 is 1.92. The second kappa shape index (κ2) is 4.84. The maximum Gasteiger partial charge on any atom is 0.0625 e. The quantitative estimate of drug-likeness (QED) is 0.769. The zero-order chi connectivity index (χ0) is 9.80. The van der Waals surface area contributed by atoms with Crippen molar-refractivity contribution in [3.63, 3.8) is 0 Å². The summed E-state index contributed by atoms with van der Waals surface area (Å²) in [6.45, 7) is 2.39. The lowest BCUT2D eigenvalue weighted by molar-refractivity contribution is 0.410. The first-order valence-electron chi connectivity index (χ1n) is 5.17. The summed E-state index contributed by atoms with van der Waals surface area (Å²) in [7, 11) is 1.96. The summed E-state index contributed by atoms with van der Waals surface area (Å²) in [6, 6.07) is 0. The molecule has 1 N–H and O–H groups in total. The van der Waals surface area contributed by atoms with Crippen molar-refractivity contribution in [3.05, 3.63) is 12.4 Å². The maximum atomic E-state index is 4.16. The Bertz CT molecular complexity index is 279. The van der Waals surface area contributed by atoms with Crippen molar-refractivity contribution in [2.75, 3.05) is 18.8 Å². The molecule has 78 valence electrons. The van der Waals surface area contributed by atoms with E-state index in [0.717, 1.165) is 5.92 Å². The summed E-state index contributed by atoms with van der Waals surface area (Å²) in [5, 5.41) is 7.60. The van der Waals surface area contributed by atoms with Gasteiger partial charge in [0.25, 0.3) is 0 Å². The van der Waals surface area contributed by atoms with E-state index in [9.17, 15) is 0 Å². The van der Waals surface area contributed by atoms with E-state index in [1.165, 1.54) is 36.6 Å². The Morgan fingerprint density at radius 3 is 3.29 bits per heavy atom. The SMILES string of the molecule is Cn1cc(SCC2CCCNC2)cn1. The Morgan fingerprint density at radius 2 is 2.64 bits per heavy atom. The van der Waals surface area contributed by atoms with Gasteiger partial charge in [0.05, 0.1) is 6.20 Å². The van der Waals surface area contributed by atoms with E-state index >= 15 is 0 Å². The maximum absolute atomic E-state index is 4.16. The van der Waals surface area contributed by atoms with Crippen LogP contribution in [0.25, 0.3) is 0 Å². The van der Waals surface area contributed by atoms with Crippen molar-refractivity contribution in [3.8, 4) is 0 Å². The molecule has 0 bridgehead atoms. The lowest BCUT2D eigenvalue weighted by atomic mass is 10.0. The zero-order valence-electron chi connectivity index (χ0n) is 8.57. The summed E-state index contributed by atoms with van der Waals surface area (Å²) in [5.41, 5.74) is 0. The van der Waals surface area contributed by atoms with Crippen molar-refractivity contribution in [1.82, 2.24) is 15.1 Å². The highest BCUT2D eigenvalue weighted by atomic mass is 32.2. The van der Waals surface area contributed by atoms with E-state index < -0.39 is 0 Å². The number of nitrogens with one attached hydrogen (secondary N) is 1. The number of rotatable bonds is 3. The highest BCUT2D eigenvalue weighted by Crippen LogP contribution is 2.22. The molecule has 4 heteroatoms. The first-order chi connectivity index (χ1) is 6.84. The molecule has 1 aromatic heterocycles. The number of hydrogen-bond donors (Lipinski definition) is 1.